The Morgan fingerprint density at radius 3 is 2.15 bits per heavy atom. The Morgan fingerprint density at radius 2 is 1.48 bits per heavy atom. The van der Waals surface area contributed by atoms with Gasteiger partial charge in [-0.15, -0.1) is 5.10 Å². The molecule has 0 fully saturated rings. The minimum Gasteiger partial charge on any atom is -0.495 e. The van der Waals surface area contributed by atoms with Crippen LogP contribution in [-0.2, 0) is 0 Å². The van der Waals surface area contributed by atoms with E-state index in [1.165, 1.54) is 6.20 Å². The van der Waals surface area contributed by atoms with Gasteiger partial charge in [-0.1, -0.05) is 11.6 Å². The number of aromatic nitrogens is 3. The van der Waals surface area contributed by atoms with E-state index in [2.05, 4.69) is 25.8 Å². The zero-order chi connectivity index (χ0) is 19.2. The van der Waals surface area contributed by atoms with Gasteiger partial charge in [0.05, 0.1) is 32.5 Å². The van der Waals surface area contributed by atoms with Crippen LogP contribution in [0.1, 0.15) is 0 Å². The van der Waals surface area contributed by atoms with Crippen LogP contribution in [0.3, 0.4) is 0 Å². The molecule has 0 atom stereocenters. The summed E-state index contributed by atoms with van der Waals surface area (Å²) in [6, 6.07) is 10.7. The third-order valence-corrected chi connectivity index (χ3v) is 3.92. The molecule has 0 unspecified atom stereocenters. The summed E-state index contributed by atoms with van der Waals surface area (Å²) < 4.78 is 15.7. The molecule has 0 spiro atoms. The summed E-state index contributed by atoms with van der Waals surface area (Å²) >= 11 is 6.13. The van der Waals surface area contributed by atoms with E-state index < -0.39 is 0 Å². The van der Waals surface area contributed by atoms with Gasteiger partial charge in [0.25, 0.3) is 0 Å². The number of benzene rings is 2. The maximum absolute atomic E-state index is 6.13. The van der Waals surface area contributed by atoms with Crippen molar-refractivity contribution in [3.05, 3.63) is 47.6 Å². The fraction of sp³-hybridized carbons (Fsp3) is 0.167. The molecule has 1 aromatic heterocycles. The van der Waals surface area contributed by atoms with E-state index in [9.17, 15) is 0 Å². The number of halogens is 1. The predicted molar refractivity (Wildman–Crippen MR) is 104 cm³/mol. The Kier molecular flexibility index (Phi) is 5.77. The summed E-state index contributed by atoms with van der Waals surface area (Å²) in [5.41, 5.74) is 1.48. The zero-order valence-corrected chi connectivity index (χ0v) is 15.7. The molecule has 140 valence electrons. The van der Waals surface area contributed by atoms with Gasteiger partial charge in [-0.2, -0.15) is 10.1 Å². The highest BCUT2D eigenvalue weighted by Crippen LogP contribution is 2.31. The first-order valence-corrected chi connectivity index (χ1v) is 8.30. The molecule has 1 heterocycles. The van der Waals surface area contributed by atoms with Crippen molar-refractivity contribution in [2.75, 3.05) is 32.0 Å². The van der Waals surface area contributed by atoms with E-state index in [0.717, 1.165) is 5.69 Å². The fourth-order valence-electron chi connectivity index (χ4n) is 2.35. The van der Waals surface area contributed by atoms with Crippen LogP contribution in [0.2, 0.25) is 5.02 Å². The first kappa shape index (κ1) is 18.5. The van der Waals surface area contributed by atoms with Crippen molar-refractivity contribution in [2.24, 2.45) is 0 Å². The molecule has 0 radical (unpaired) electrons. The van der Waals surface area contributed by atoms with Crippen molar-refractivity contribution < 1.29 is 14.2 Å². The van der Waals surface area contributed by atoms with Crippen LogP contribution in [0.25, 0.3) is 0 Å². The molecule has 27 heavy (non-hydrogen) atoms. The SMILES string of the molecule is COc1ccc(Nc2nncc(Nc3ccc(OC)c(OC)c3)n2)cc1Cl. The quantitative estimate of drug-likeness (QED) is 0.627. The van der Waals surface area contributed by atoms with Crippen molar-refractivity contribution in [3.8, 4) is 17.2 Å². The highest BCUT2D eigenvalue weighted by atomic mass is 35.5. The van der Waals surface area contributed by atoms with Gasteiger partial charge in [-0.05, 0) is 30.3 Å². The van der Waals surface area contributed by atoms with Crippen LogP contribution in [0, 0.1) is 0 Å². The minimum atomic E-state index is 0.321. The van der Waals surface area contributed by atoms with Crippen molar-refractivity contribution in [2.45, 2.75) is 0 Å². The van der Waals surface area contributed by atoms with Gasteiger partial charge in [-0.25, -0.2) is 0 Å². The first-order chi connectivity index (χ1) is 13.1. The molecule has 0 aliphatic carbocycles. The van der Waals surface area contributed by atoms with Crippen molar-refractivity contribution >= 4 is 34.7 Å². The van der Waals surface area contributed by atoms with Crippen LogP contribution in [0.15, 0.2) is 42.6 Å². The molecule has 0 amide bonds. The number of nitrogens with zero attached hydrogens (tertiary/aromatic N) is 3. The second-order valence-corrected chi connectivity index (χ2v) is 5.74. The standard InChI is InChI=1S/C18H18ClN5O3/c1-25-14-6-4-11(8-13(14)19)22-18-23-17(10-20-24-18)21-12-5-7-15(26-2)16(9-12)27-3/h4-10H,1-3H3,(H2,21,22,23,24). The molecule has 8 nitrogen and oxygen atoms in total. The van der Waals surface area contributed by atoms with E-state index in [4.69, 9.17) is 25.8 Å². The normalized spacial score (nSPS) is 10.2. The number of nitrogens with one attached hydrogen (secondary N) is 2. The lowest BCUT2D eigenvalue weighted by Gasteiger charge is -2.11. The van der Waals surface area contributed by atoms with Crippen LogP contribution in [0.5, 0.6) is 17.2 Å². The van der Waals surface area contributed by atoms with Gasteiger partial charge in [-0.3, -0.25) is 0 Å². The van der Waals surface area contributed by atoms with Gasteiger partial charge in [0.1, 0.15) is 5.75 Å². The predicted octanol–water partition coefficient (Wildman–Crippen LogP) is 4.04. The largest absolute Gasteiger partial charge is 0.495 e. The van der Waals surface area contributed by atoms with Crippen LogP contribution in [0.4, 0.5) is 23.1 Å². The fourth-order valence-corrected chi connectivity index (χ4v) is 2.61. The van der Waals surface area contributed by atoms with Gasteiger partial charge in [0.2, 0.25) is 5.95 Å². The minimum absolute atomic E-state index is 0.321. The smallest absolute Gasteiger partial charge is 0.249 e. The second-order valence-electron chi connectivity index (χ2n) is 5.33. The number of methoxy groups -OCH3 is 3. The summed E-state index contributed by atoms with van der Waals surface area (Å²) in [6.45, 7) is 0. The monoisotopic (exact) mass is 387 g/mol. The molecule has 0 aliphatic rings. The summed E-state index contributed by atoms with van der Waals surface area (Å²) in [6.07, 6.45) is 1.52. The van der Waals surface area contributed by atoms with Gasteiger partial charge in [0.15, 0.2) is 17.3 Å². The third kappa shape index (κ3) is 4.48. The molecule has 0 bridgehead atoms. The molecule has 3 aromatic rings. The summed E-state index contributed by atoms with van der Waals surface area (Å²) in [4.78, 5) is 4.39. The zero-order valence-electron chi connectivity index (χ0n) is 15.0. The van der Waals surface area contributed by atoms with Crippen LogP contribution < -0.4 is 24.8 Å². The molecule has 0 aliphatic heterocycles. The summed E-state index contributed by atoms with van der Waals surface area (Å²) in [5.74, 6) is 2.67. The molecular formula is C18H18ClN5O3. The van der Waals surface area contributed by atoms with E-state index in [0.29, 0.717) is 39.7 Å². The number of hydrogen-bond donors (Lipinski definition) is 2. The first-order valence-electron chi connectivity index (χ1n) is 7.92. The number of hydrogen-bond acceptors (Lipinski definition) is 8. The Morgan fingerprint density at radius 1 is 0.815 bits per heavy atom. The average Bonchev–Trinajstić information content (AvgIpc) is 2.68. The molecule has 0 saturated heterocycles. The highest BCUT2D eigenvalue weighted by molar-refractivity contribution is 6.32. The Balaban J connectivity index is 1.77. The molecule has 2 aromatic carbocycles. The average molecular weight is 388 g/mol. The van der Waals surface area contributed by atoms with Gasteiger partial charge >= 0.3 is 0 Å². The Hall–Kier alpha value is -3.26. The molecule has 0 saturated carbocycles. The number of rotatable bonds is 7. The summed E-state index contributed by atoms with van der Waals surface area (Å²) in [5, 5.41) is 14.6. The molecule has 9 heteroatoms. The van der Waals surface area contributed by atoms with Crippen molar-refractivity contribution in [3.63, 3.8) is 0 Å². The second kappa shape index (κ2) is 8.41. The lowest BCUT2D eigenvalue weighted by atomic mass is 10.2. The van der Waals surface area contributed by atoms with E-state index >= 15 is 0 Å². The van der Waals surface area contributed by atoms with Gasteiger partial charge < -0.3 is 24.8 Å². The van der Waals surface area contributed by atoms with E-state index in [1.54, 1.807) is 45.6 Å². The third-order valence-electron chi connectivity index (χ3n) is 3.62. The summed E-state index contributed by atoms with van der Waals surface area (Å²) in [7, 11) is 4.73. The lowest BCUT2D eigenvalue weighted by Crippen LogP contribution is -2.02. The van der Waals surface area contributed by atoms with Crippen LogP contribution >= 0.6 is 11.6 Å². The lowest BCUT2D eigenvalue weighted by molar-refractivity contribution is 0.355. The number of anilines is 4. The Labute approximate surface area is 161 Å². The van der Waals surface area contributed by atoms with Gasteiger partial charge in [0, 0.05) is 17.4 Å². The van der Waals surface area contributed by atoms with E-state index in [-0.39, 0.29) is 0 Å². The maximum atomic E-state index is 6.13. The molecular weight excluding hydrogens is 370 g/mol. The Bertz CT molecular complexity index is 939. The topological polar surface area (TPSA) is 90.4 Å². The van der Waals surface area contributed by atoms with Crippen LogP contribution in [-0.4, -0.2) is 36.5 Å². The van der Waals surface area contributed by atoms with Crippen molar-refractivity contribution in [1.29, 1.82) is 0 Å². The van der Waals surface area contributed by atoms with E-state index in [1.807, 2.05) is 12.1 Å². The van der Waals surface area contributed by atoms with Crippen molar-refractivity contribution in [1.82, 2.24) is 15.2 Å². The molecule has 3 rings (SSSR count). The maximum Gasteiger partial charge on any atom is 0.249 e. The molecule has 2 N–H and O–H groups in total. The number of ether oxygens (including phenoxy) is 3. The highest BCUT2D eigenvalue weighted by Gasteiger charge is 2.08.